The maximum atomic E-state index is 12.0. The fourth-order valence-corrected chi connectivity index (χ4v) is 5.86. The molecule has 4 heterocycles. The number of aromatic nitrogens is 4. The van der Waals surface area contributed by atoms with Crippen LogP contribution in [0.1, 0.15) is 11.1 Å². The molecule has 0 aliphatic rings. The highest BCUT2D eigenvalue weighted by Crippen LogP contribution is 2.23. The van der Waals surface area contributed by atoms with Gasteiger partial charge in [0.15, 0.2) is 0 Å². The topological polar surface area (TPSA) is 211 Å². The van der Waals surface area contributed by atoms with Gasteiger partial charge in [-0.05, 0) is 116 Å². The van der Waals surface area contributed by atoms with Crippen molar-refractivity contribution in [2.75, 3.05) is 30.0 Å². The van der Waals surface area contributed by atoms with E-state index in [2.05, 4.69) is 4.74 Å². The smallest absolute Gasteiger partial charge is 0.497 e. The Bertz CT molecular complexity index is 3090. The first kappa shape index (κ1) is 47.3. The summed E-state index contributed by atoms with van der Waals surface area (Å²) in [5, 5.41) is 0. The van der Waals surface area contributed by atoms with Crippen molar-refractivity contribution in [1.29, 1.82) is 0 Å². The number of alkyl halides is 3. The molecule has 8 rings (SSSR count). The van der Waals surface area contributed by atoms with Gasteiger partial charge in [-0.2, -0.15) is 0 Å². The number of hydrogen-bond acceptors (Lipinski definition) is 10. The number of hydrogen-bond donors (Lipinski definition) is 4. The summed E-state index contributed by atoms with van der Waals surface area (Å²) in [5.74, 6) is 0.409. The summed E-state index contributed by atoms with van der Waals surface area (Å²) < 4.78 is 50.6. The molecule has 4 aromatic heterocycles. The fourth-order valence-electron chi connectivity index (χ4n) is 5.86. The molecule has 0 bridgehead atoms. The van der Waals surface area contributed by atoms with Crippen LogP contribution in [0.2, 0.25) is 0 Å². The molecular weight excluding hydrogens is 842 g/mol. The Balaban J connectivity index is 0.000000163. The molecule has 334 valence electrons. The molecule has 65 heavy (non-hydrogen) atoms. The molecular formula is C48H45F3N8O6. The normalized spacial score (nSPS) is 10.5. The first-order valence-corrected chi connectivity index (χ1v) is 19.5. The predicted molar refractivity (Wildman–Crippen MR) is 249 cm³/mol. The van der Waals surface area contributed by atoms with Crippen LogP contribution < -0.4 is 54.6 Å². The lowest BCUT2D eigenvalue weighted by molar-refractivity contribution is -0.274. The Morgan fingerprint density at radius 1 is 0.415 bits per heavy atom. The number of benzene rings is 4. The molecule has 8 N–H and O–H groups in total. The molecule has 0 aliphatic carbocycles. The van der Waals surface area contributed by atoms with Gasteiger partial charge in [0, 0.05) is 94.6 Å². The summed E-state index contributed by atoms with van der Waals surface area (Å²) >= 11 is 0. The third-order valence-electron chi connectivity index (χ3n) is 9.07. The lowest BCUT2D eigenvalue weighted by Crippen LogP contribution is -2.18. The van der Waals surface area contributed by atoms with E-state index in [4.69, 9.17) is 27.7 Å². The highest BCUT2D eigenvalue weighted by atomic mass is 19.4. The quantitative estimate of drug-likeness (QED) is 0.132. The highest BCUT2D eigenvalue weighted by Gasteiger charge is 2.31. The molecule has 0 saturated heterocycles. The number of ether oxygens (including phenoxy) is 2. The number of halogens is 3. The first-order chi connectivity index (χ1) is 30.9. The van der Waals surface area contributed by atoms with Crippen molar-refractivity contribution in [2.24, 2.45) is 0 Å². The zero-order valence-corrected chi connectivity index (χ0v) is 35.3. The van der Waals surface area contributed by atoms with E-state index in [1.807, 2.05) is 74.5 Å². The third kappa shape index (κ3) is 13.9. The van der Waals surface area contributed by atoms with E-state index in [-0.39, 0.29) is 28.0 Å². The van der Waals surface area contributed by atoms with Crippen LogP contribution in [-0.4, -0.2) is 31.7 Å². The van der Waals surface area contributed by atoms with E-state index >= 15 is 0 Å². The maximum Gasteiger partial charge on any atom is 0.573 e. The number of anilines is 4. The molecule has 4 aromatic carbocycles. The van der Waals surface area contributed by atoms with Gasteiger partial charge in [-0.15, -0.1) is 13.2 Å². The Morgan fingerprint density at radius 3 is 1.08 bits per heavy atom. The lowest BCUT2D eigenvalue weighted by atomic mass is 10.2. The number of methoxy groups -OCH3 is 1. The highest BCUT2D eigenvalue weighted by molar-refractivity contribution is 5.44. The van der Waals surface area contributed by atoms with Crippen molar-refractivity contribution in [3.63, 3.8) is 0 Å². The van der Waals surface area contributed by atoms with Crippen LogP contribution in [0.15, 0.2) is 190 Å². The minimum Gasteiger partial charge on any atom is -0.497 e. The van der Waals surface area contributed by atoms with E-state index in [1.54, 1.807) is 65.2 Å². The van der Waals surface area contributed by atoms with E-state index in [9.17, 15) is 32.3 Å². The molecule has 14 nitrogen and oxygen atoms in total. The Hall–Kier alpha value is -8.73. The molecule has 8 aromatic rings. The Labute approximate surface area is 370 Å². The number of nitrogens with two attached hydrogens (primary N) is 4. The summed E-state index contributed by atoms with van der Waals surface area (Å²) in [6, 6.07) is 39.8. The van der Waals surface area contributed by atoms with Gasteiger partial charge >= 0.3 is 6.36 Å². The standard InChI is InChI=1S/C12H9F3N2O2.C12H12N2O2.2C12H12N2O/c13-12(14,15)19-10-3-1-9(2-4-10)17-6-5-8(16)7-11(17)18;1-16-11-4-2-10(3-5-11)14-7-6-9(13)8-12(14)15;1-9-2-4-11(5-3-9)14-7-6-10(13)8-12(14)15;1-9-3-2-4-11(7-9)14-6-5-10(13)8-12(14)15/h1-7H,16H2;2-8H,13H2,1H3;2*2-8H,13H2,1H3. The Kier molecular flexibility index (Phi) is 15.6. The summed E-state index contributed by atoms with van der Waals surface area (Å²) in [4.78, 5) is 46.5. The van der Waals surface area contributed by atoms with Crippen LogP contribution in [0.25, 0.3) is 22.7 Å². The van der Waals surface area contributed by atoms with Gasteiger partial charge in [-0.3, -0.25) is 37.4 Å². The van der Waals surface area contributed by atoms with Crippen LogP contribution in [0.3, 0.4) is 0 Å². The van der Waals surface area contributed by atoms with Gasteiger partial charge in [0.05, 0.1) is 7.11 Å². The van der Waals surface area contributed by atoms with Crippen molar-refractivity contribution in [2.45, 2.75) is 20.2 Å². The predicted octanol–water partition coefficient (Wildman–Crippen LogP) is 7.20. The zero-order valence-electron chi connectivity index (χ0n) is 35.3. The molecule has 0 fully saturated rings. The molecule has 0 atom stereocenters. The zero-order chi connectivity index (χ0) is 47.3. The maximum absolute atomic E-state index is 12.0. The fraction of sp³-hybridized carbons (Fsp3) is 0.0833. The number of aryl methyl sites for hydroxylation is 2. The second-order valence-corrected chi connectivity index (χ2v) is 14.1. The van der Waals surface area contributed by atoms with Crippen LogP contribution in [0.5, 0.6) is 11.5 Å². The summed E-state index contributed by atoms with van der Waals surface area (Å²) in [6.07, 6.45) is 1.73. The number of pyridine rings is 4. The van der Waals surface area contributed by atoms with Gasteiger partial charge in [-0.25, -0.2) is 0 Å². The minimum absolute atomic E-state index is 0.111. The molecule has 0 amide bonds. The SMILES string of the molecule is COc1ccc(-n2ccc(N)cc2=O)cc1.Cc1ccc(-n2ccc(N)cc2=O)cc1.Cc1cccc(-n2ccc(N)cc2=O)c1.Nc1ccn(-c2ccc(OC(F)(F)F)cc2)c(=O)c1. The Morgan fingerprint density at radius 2 is 0.754 bits per heavy atom. The molecule has 0 radical (unpaired) electrons. The monoisotopic (exact) mass is 886 g/mol. The van der Waals surface area contributed by atoms with Crippen LogP contribution in [0, 0.1) is 13.8 Å². The largest absolute Gasteiger partial charge is 0.573 e. The molecule has 0 saturated carbocycles. The third-order valence-corrected chi connectivity index (χ3v) is 9.07. The van der Waals surface area contributed by atoms with Gasteiger partial charge in [0.25, 0.3) is 22.2 Å². The van der Waals surface area contributed by atoms with Crippen molar-refractivity contribution in [1.82, 2.24) is 18.3 Å². The van der Waals surface area contributed by atoms with Gasteiger partial charge in [-0.1, -0.05) is 29.8 Å². The van der Waals surface area contributed by atoms with Crippen molar-refractivity contribution in [3.05, 3.63) is 223 Å². The van der Waals surface area contributed by atoms with E-state index in [0.717, 1.165) is 40.5 Å². The van der Waals surface area contributed by atoms with Gasteiger partial charge in [0.1, 0.15) is 11.5 Å². The van der Waals surface area contributed by atoms with Crippen LogP contribution in [0.4, 0.5) is 35.9 Å². The van der Waals surface area contributed by atoms with Gasteiger partial charge < -0.3 is 32.4 Å². The average molecular weight is 887 g/mol. The number of nitrogen functional groups attached to an aromatic ring is 4. The molecule has 0 spiro atoms. The summed E-state index contributed by atoms with van der Waals surface area (Å²) in [7, 11) is 1.60. The molecule has 0 unspecified atom stereocenters. The van der Waals surface area contributed by atoms with Crippen LogP contribution >= 0.6 is 0 Å². The minimum atomic E-state index is -4.74. The molecule has 0 aliphatic heterocycles. The molecule has 17 heteroatoms. The first-order valence-electron chi connectivity index (χ1n) is 19.5. The summed E-state index contributed by atoms with van der Waals surface area (Å²) in [5.41, 5.74) is 28.2. The lowest BCUT2D eigenvalue weighted by Gasteiger charge is -2.10. The number of rotatable bonds is 6. The van der Waals surface area contributed by atoms with E-state index < -0.39 is 6.36 Å². The second kappa shape index (κ2) is 21.4. The van der Waals surface area contributed by atoms with Crippen molar-refractivity contribution < 1.29 is 22.6 Å². The van der Waals surface area contributed by atoms with Crippen molar-refractivity contribution >= 4 is 22.7 Å². The van der Waals surface area contributed by atoms with E-state index in [0.29, 0.717) is 28.4 Å². The number of nitrogens with zero attached hydrogens (tertiary/aromatic N) is 4. The summed E-state index contributed by atoms with van der Waals surface area (Å²) in [6.45, 7) is 4.00. The average Bonchev–Trinajstić information content (AvgIpc) is 3.25. The van der Waals surface area contributed by atoms with Gasteiger partial charge in [0.2, 0.25) is 0 Å². The van der Waals surface area contributed by atoms with Crippen molar-refractivity contribution in [3.8, 4) is 34.2 Å². The second-order valence-electron chi connectivity index (χ2n) is 14.1. The van der Waals surface area contributed by atoms with E-state index in [1.165, 1.54) is 63.4 Å². The van der Waals surface area contributed by atoms with Crippen LogP contribution in [-0.2, 0) is 0 Å².